The van der Waals surface area contributed by atoms with Crippen molar-refractivity contribution in [2.24, 2.45) is 5.92 Å². The summed E-state index contributed by atoms with van der Waals surface area (Å²) in [5, 5.41) is 4.14. The molecule has 0 radical (unpaired) electrons. The van der Waals surface area contributed by atoms with Crippen molar-refractivity contribution in [2.45, 2.75) is 52.0 Å². The van der Waals surface area contributed by atoms with Crippen LogP contribution in [0.15, 0.2) is 18.5 Å². The van der Waals surface area contributed by atoms with Crippen LogP contribution in [0.2, 0.25) is 5.02 Å². The standard InChI is InChI=1S/C15H22ClN3/c1-4-13-14(16)15(18-9-17-13)19-12-7-5-11(6-8-12)10(2)3/h9,11-12H,2,4-8H2,1,3H3,(H,17,18,19)/t11-,12+. The van der Waals surface area contributed by atoms with Gasteiger partial charge in [0, 0.05) is 6.04 Å². The zero-order valence-corrected chi connectivity index (χ0v) is 12.5. The van der Waals surface area contributed by atoms with Crippen LogP contribution in [0, 0.1) is 5.92 Å². The number of nitrogens with one attached hydrogen (secondary N) is 1. The molecule has 0 aliphatic heterocycles. The lowest BCUT2D eigenvalue weighted by Crippen LogP contribution is -2.27. The highest BCUT2D eigenvalue weighted by Crippen LogP contribution is 2.31. The molecule has 1 heterocycles. The van der Waals surface area contributed by atoms with Gasteiger partial charge in [0.05, 0.1) is 5.69 Å². The second kappa shape index (κ2) is 6.38. The summed E-state index contributed by atoms with van der Waals surface area (Å²) in [7, 11) is 0. The molecule has 1 aromatic rings. The topological polar surface area (TPSA) is 37.8 Å². The highest BCUT2D eigenvalue weighted by atomic mass is 35.5. The first-order chi connectivity index (χ1) is 9.11. The van der Waals surface area contributed by atoms with Crippen LogP contribution in [0.1, 0.15) is 45.2 Å². The Morgan fingerprint density at radius 3 is 2.63 bits per heavy atom. The summed E-state index contributed by atoms with van der Waals surface area (Å²) in [6.45, 7) is 8.25. The molecule has 3 nitrogen and oxygen atoms in total. The summed E-state index contributed by atoms with van der Waals surface area (Å²) in [6, 6.07) is 0.465. The number of anilines is 1. The first-order valence-corrected chi connectivity index (χ1v) is 7.41. The van der Waals surface area contributed by atoms with E-state index in [1.54, 1.807) is 6.33 Å². The Morgan fingerprint density at radius 2 is 2.05 bits per heavy atom. The zero-order valence-electron chi connectivity index (χ0n) is 11.7. The third-order valence-corrected chi connectivity index (χ3v) is 4.36. The minimum Gasteiger partial charge on any atom is -0.366 e. The molecule has 19 heavy (non-hydrogen) atoms. The first kappa shape index (κ1) is 14.3. The van der Waals surface area contributed by atoms with Gasteiger partial charge in [0.15, 0.2) is 0 Å². The molecule has 0 unspecified atom stereocenters. The summed E-state index contributed by atoms with van der Waals surface area (Å²) in [4.78, 5) is 8.45. The molecule has 1 aliphatic carbocycles. The number of allylic oxidation sites excluding steroid dienone is 1. The van der Waals surface area contributed by atoms with Crippen LogP contribution in [-0.2, 0) is 6.42 Å². The van der Waals surface area contributed by atoms with E-state index in [4.69, 9.17) is 11.6 Å². The van der Waals surface area contributed by atoms with Crippen LogP contribution in [0.3, 0.4) is 0 Å². The summed E-state index contributed by atoms with van der Waals surface area (Å²) in [5.41, 5.74) is 2.22. The molecule has 1 aromatic heterocycles. The number of aryl methyl sites for hydroxylation is 1. The van der Waals surface area contributed by atoms with Gasteiger partial charge in [0.25, 0.3) is 0 Å². The fourth-order valence-corrected chi connectivity index (χ4v) is 2.96. The number of halogens is 1. The van der Waals surface area contributed by atoms with E-state index in [9.17, 15) is 0 Å². The lowest BCUT2D eigenvalue weighted by Gasteiger charge is -2.30. The van der Waals surface area contributed by atoms with Gasteiger partial charge in [0.2, 0.25) is 0 Å². The lowest BCUT2D eigenvalue weighted by molar-refractivity contribution is 0.377. The molecule has 0 spiro atoms. The van der Waals surface area contributed by atoms with E-state index < -0.39 is 0 Å². The van der Waals surface area contributed by atoms with E-state index in [1.165, 1.54) is 18.4 Å². The van der Waals surface area contributed by atoms with Gasteiger partial charge >= 0.3 is 0 Å². The predicted molar refractivity (Wildman–Crippen MR) is 80.6 cm³/mol. The molecular formula is C15H22ClN3. The van der Waals surface area contributed by atoms with Crippen LogP contribution < -0.4 is 5.32 Å². The minimum atomic E-state index is 0.465. The van der Waals surface area contributed by atoms with Gasteiger partial charge in [-0.05, 0) is 44.9 Å². The molecule has 1 fully saturated rings. The number of rotatable bonds is 4. The first-order valence-electron chi connectivity index (χ1n) is 7.03. The Bertz CT molecular complexity index is 451. The summed E-state index contributed by atoms with van der Waals surface area (Å²) in [6.07, 6.45) is 7.14. The van der Waals surface area contributed by atoms with Crippen molar-refractivity contribution >= 4 is 17.4 Å². The van der Waals surface area contributed by atoms with E-state index in [-0.39, 0.29) is 0 Å². The molecule has 1 N–H and O–H groups in total. The van der Waals surface area contributed by atoms with Crippen molar-refractivity contribution in [3.63, 3.8) is 0 Å². The minimum absolute atomic E-state index is 0.465. The lowest BCUT2D eigenvalue weighted by atomic mass is 9.82. The molecular weight excluding hydrogens is 258 g/mol. The van der Waals surface area contributed by atoms with Crippen molar-refractivity contribution in [1.82, 2.24) is 9.97 Å². The Balaban J connectivity index is 1.98. The fraction of sp³-hybridized carbons (Fsp3) is 0.600. The third kappa shape index (κ3) is 3.47. The van der Waals surface area contributed by atoms with Crippen LogP contribution >= 0.6 is 11.6 Å². The van der Waals surface area contributed by atoms with E-state index >= 15 is 0 Å². The third-order valence-electron chi connectivity index (χ3n) is 3.96. The zero-order chi connectivity index (χ0) is 13.8. The summed E-state index contributed by atoms with van der Waals surface area (Å²) >= 11 is 6.31. The van der Waals surface area contributed by atoms with Gasteiger partial charge in [-0.1, -0.05) is 30.7 Å². The highest BCUT2D eigenvalue weighted by molar-refractivity contribution is 6.33. The Morgan fingerprint density at radius 1 is 1.37 bits per heavy atom. The second-order valence-electron chi connectivity index (χ2n) is 5.38. The number of nitrogens with zero attached hydrogens (tertiary/aromatic N) is 2. The van der Waals surface area contributed by atoms with Gasteiger partial charge in [-0.25, -0.2) is 9.97 Å². The van der Waals surface area contributed by atoms with Crippen molar-refractivity contribution in [3.8, 4) is 0 Å². The van der Waals surface area contributed by atoms with Crippen LogP contribution in [0.25, 0.3) is 0 Å². The fourth-order valence-electron chi connectivity index (χ4n) is 2.68. The number of hydrogen-bond acceptors (Lipinski definition) is 3. The largest absolute Gasteiger partial charge is 0.366 e. The number of aromatic nitrogens is 2. The van der Waals surface area contributed by atoms with Gasteiger partial charge in [0.1, 0.15) is 17.2 Å². The molecule has 0 aromatic carbocycles. The van der Waals surface area contributed by atoms with Crippen molar-refractivity contribution in [1.29, 1.82) is 0 Å². The average Bonchev–Trinajstić information content (AvgIpc) is 2.42. The van der Waals surface area contributed by atoms with Gasteiger partial charge in [-0.3, -0.25) is 0 Å². The molecule has 0 bridgehead atoms. The van der Waals surface area contributed by atoms with Crippen molar-refractivity contribution < 1.29 is 0 Å². The quantitative estimate of drug-likeness (QED) is 0.838. The Kier molecular flexibility index (Phi) is 4.81. The number of hydrogen-bond donors (Lipinski definition) is 1. The van der Waals surface area contributed by atoms with Crippen LogP contribution in [-0.4, -0.2) is 16.0 Å². The molecule has 0 saturated heterocycles. The average molecular weight is 280 g/mol. The SMILES string of the molecule is C=C(C)[C@H]1CC[C@@H](Nc2ncnc(CC)c2Cl)CC1. The second-order valence-corrected chi connectivity index (χ2v) is 5.75. The van der Waals surface area contributed by atoms with Gasteiger partial charge in [-0.15, -0.1) is 0 Å². The molecule has 2 rings (SSSR count). The van der Waals surface area contributed by atoms with E-state index in [1.807, 2.05) is 0 Å². The monoisotopic (exact) mass is 279 g/mol. The van der Waals surface area contributed by atoms with Gasteiger partial charge < -0.3 is 5.32 Å². The maximum Gasteiger partial charge on any atom is 0.148 e. The van der Waals surface area contributed by atoms with E-state index in [0.29, 0.717) is 17.0 Å². The molecule has 0 atom stereocenters. The summed E-state index contributed by atoms with van der Waals surface area (Å²) < 4.78 is 0. The maximum atomic E-state index is 6.31. The molecule has 1 aliphatic rings. The maximum absolute atomic E-state index is 6.31. The van der Waals surface area contributed by atoms with Crippen molar-refractivity contribution in [3.05, 3.63) is 29.2 Å². The van der Waals surface area contributed by atoms with Crippen LogP contribution in [0.5, 0.6) is 0 Å². The smallest absolute Gasteiger partial charge is 0.148 e. The molecule has 0 amide bonds. The normalized spacial score (nSPS) is 23.1. The van der Waals surface area contributed by atoms with E-state index in [0.717, 1.165) is 30.8 Å². The Labute approximate surface area is 120 Å². The van der Waals surface area contributed by atoms with Gasteiger partial charge in [-0.2, -0.15) is 0 Å². The molecule has 1 saturated carbocycles. The van der Waals surface area contributed by atoms with Crippen LogP contribution in [0.4, 0.5) is 5.82 Å². The molecule has 104 valence electrons. The highest BCUT2D eigenvalue weighted by Gasteiger charge is 2.22. The Hall–Kier alpha value is -1.09. The summed E-state index contributed by atoms with van der Waals surface area (Å²) in [5.74, 6) is 1.47. The van der Waals surface area contributed by atoms with Crippen molar-refractivity contribution in [2.75, 3.05) is 5.32 Å². The predicted octanol–water partition coefficient (Wildman–Crippen LogP) is 4.24. The van der Waals surface area contributed by atoms with E-state index in [2.05, 4.69) is 35.7 Å². The molecule has 4 heteroatoms.